The summed E-state index contributed by atoms with van der Waals surface area (Å²) in [6, 6.07) is 16.0. The molecule has 0 aromatic heterocycles. The van der Waals surface area contributed by atoms with E-state index in [0.717, 1.165) is 11.1 Å². The van der Waals surface area contributed by atoms with E-state index in [9.17, 15) is 9.59 Å². The van der Waals surface area contributed by atoms with E-state index in [1.54, 1.807) is 37.5 Å². The Labute approximate surface area is 151 Å². The Hall–Kier alpha value is -3.59. The molecule has 6 nitrogen and oxygen atoms in total. The minimum atomic E-state index is -0.620. The quantitative estimate of drug-likeness (QED) is 0.612. The van der Waals surface area contributed by atoms with Gasteiger partial charge in [-0.1, -0.05) is 24.3 Å². The molecule has 2 aromatic carbocycles. The van der Waals surface area contributed by atoms with Crippen LogP contribution in [-0.4, -0.2) is 25.6 Å². The van der Waals surface area contributed by atoms with E-state index >= 15 is 0 Å². The molecule has 0 bridgehead atoms. The molecule has 2 rings (SSSR count). The highest BCUT2D eigenvalue weighted by atomic mass is 16.5. The summed E-state index contributed by atoms with van der Waals surface area (Å²) >= 11 is 0. The van der Waals surface area contributed by atoms with Crippen molar-refractivity contribution in [1.82, 2.24) is 5.32 Å². The second kappa shape index (κ2) is 9.64. The number of esters is 1. The maximum atomic E-state index is 11.7. The molecule has 132 valence electrons. The van der Waals surface area contributed by atoms with Crippen molar-refractivity contribution in [3.8, 4) is 11.8 Å². The van der Waals surface area contributed by atoms with E-state index in [0.29, 0.717) is 17.9 Å². The van der Waals surface area contributed by atoms with Crippen LogP contribution in [0.25, 0.3) is 6.08 Å². The first-order chi connectivity index (χ1) is 12.6. The van der Waals surface area contributed by atoms with Crippen LogP contribution in [0.5, 0.6) is 5.75 Å². The van der Waals surface area contributed by atoms with Crippen LogP contribution in [0.15, 0.2) is 54.6 Å². The van der Waals surface area contributed by atoms with Crippen LogP contribution in [0, 0.1) is 11.3 Å². The molecule has 0 fully saturated rings. The van der Waals surface area contributed by atoms with Crippen molar-refractivity contribution in [2.24, 2.45) is 0 Å². The van der Waals surface area contributed by atoms with E-state index in [-0.39, 0.29) is 6.61 Å². The molecule has 0 saturated carbocycles. The third-order valence-corrected chi connectivity index (χ3v) is 3.42. The van der Waals surface area contributed by atoms with Gasteiger partial charge in [0.2, 0.25) is 0 Å². The van der Waals surface area contributed by atoms with Crippen molar-refractivity contribution < 1.29 is 19.1 Å². The molecule has 0 atom stereocenters. The van der Waals surface area contributed by atoms with Crippen LogP contribution >= 0.6 is 0 Å². The third-order valence-electron chi connectivity index (χ3n) is 3.42. The smallest absolute Gasteiger partial charge is 0.331 e. The van der Waals surface area contributed by atoms with Gasteiger partial charge in [-0.05, 0) is 41.5 Å². The lowest BCUT2D eigenvalue weighted by molar-refractivity contribution is -0.143. The van der Waals surface area contributed by atoms with E-state index in [2.05, 4.69) is 5.32 Å². The molecular formula is C20H18N2O4. The molecule has 0 aliphatic rings. The zero-order valence-corrected chi connectivity index (χ0v) is 14.3. The van der Waals surface area contributed by atoms with Crippen LogP contribution in [0.1, 0.15) is 16.7 Å². The molecule has 0 unspecified atom stereocenters. The first-order valence-electron chi connectivity index (χ1n) is 7.85. The lowest BCUT2D eigenvalue weighted by Crippen LogP contribution is -2.28. The van der Waals surface area contributed by atoms with E-state index in [1.165, 1.54) is 6.08 Å². The lowest BCUT2D eigenvalue weighted by Gasteiger charge is -2.07. The van der Waals surface area contributed by atoms with Crippen molar-refractivity contribution in [3.63, 3.8) is 0 Å². The summed E-state index contributed by atoms with van der Waals surface area (Å²) in [5.41, 5.74) is 2.17. The maximum absolute atomic E-state index is 11.7. The van der Waals surface area contributed by atoms with Gasteiger partial charge in [-0.3, -0.25) is 4.79 Å². The summed E-state index contributed by atoms with van der Waals surface area (Å²) in [6.45, 7) is -0.0465. The topological polar surface area (TPSA) is 88.4 Å². The molecular weight excluding hydrogens is 332 g/mol. The Balaban J connectivity index is 1.74. The number of hydrogen-bond donors (Lipinski definition) is 1. The molecule has 0 aliphatic carbocycles. The Morgan fingerprint density at radius 3 is 2.65 bits per heavy atom. The highest BCUT2D eigenvalue weighted by molar-refractivity contribution is 5.89. The van der Waals surface area contributed by atoms with Gasteiger partial charge in [-0.2, -0.15) is 5.26 Å². The lowest BCUT2D eigenvalue weighted by atomic mass is 10.1. The summed E-state index contributed by atoms with van der Waals surface area (Å²) in [6.07, 6.45) is 2.79. The SMILES string of the molecule is COc1cccc(CNC(=O)COC(=O)/C=C/c2ccc(C#N)cc2)c1. The van der Waals surface area contributed by atoms with E-state index < -0.39 is 11.9 Å². The second-order valence-electron chi connectivity index (χ2n) is 5.30. The Kier molecular flexibility index (Phi) is 6.95. The van der Waals surface area contributed by atoms with Crippen LogP contribution in [0.4, 0.5) is 0 Å². The van der Waals surface area contributed by atoms with Gasteiger partial charge in [0.05, 0.1) is 18.7 Å². The molecule has 0 radical (unpaired) electrons. The van der Waals surface area contributed by atoms with Crippen LogP contribution in [0.3, 0.4) is 0 Å². The number of amides is 1. The molecule has 2 aromatic rings. The van der Waals surface area contributed by atoms with Gasteiger partial charge >= 0.3 is 5.97 Å². The molecule has 0 saturated heterocycles. The molecule has 1 N–H and O–H groups in total. The molecule has 0 spiro atoms. The standard InChI is InChI=1S/C20H18N2O4/c1-25-18-4-2-3-17(11-18)13-22-19(23)14-26-20(24)10-9-15-5-7-16(12-21)8-6-15/h2-11H,13-14H2,1H3,(H,22,23)/b10-9+. The van der Waals surface area contributed by atoms with Gasteiger partial charge in [0.1, 0.15) is 5.75 Å². The van der Waals surface area contributed by atoms with Crippen molar-refractivity contribution in [2.75, 3.05) is 13.7 Å². The van der Waals surface area contributed by atoms with Crippen molar-refractivity contribution >= 4 is 18.0 Å². The number of nitrogens with zero attached hydrogens (tertiary/aromatic N) is 1. The molecule has 0 heterocycles. The van der Waals surface area contributed by atoms with Crippen molar-refractivity contribution in [2.45, 2.75) is 6.54 Å². The minimum absolute atomic E-state index is 0.314. The first kappa shape index (κ1) is 18.7. The summed E-state index contributed by atoms with van der Waals surface area (Å²) in [4.78, 5) is 23.4. The number of ether oxygens (including phenoxy) is 2. The predicted molar refractivity (Wildman–Crippen MR) is 96.0 cm³/mol. The highest BCUT2D eigenvalue weighted by Crippen LogP contribution is 2.12. The fraction of sp³-hybridized carbons (Fsp3) is 0.150. The zero-order chi connectivity index (χ0) is 18.8. The number of nitrogens with one attached hydrogen (secondary N) is 1. The summed E-state index contributed by atoms with van der Waals surface area (Å²) in [5.74, 6) is -0.310. The fourth-order valence-electron chi connectivity index (χ4n) is 2.05. The van der Waals surface area contributed by atoms with Gasteiger partial charge in [-0.25, -0.2) is 4.79 Å². The van der Waals surface area contributed by atoms with Gasteiger partial charge in [-0.15, -0.1) is 0 Å². The van der Waals surface area contributed by atoms with Crippen LogP contribution < -0.4 is 10.1 Å². The number of carbonyl (C=O) groups is 2. The average Bonchev–Trinajstić information content (AvgIpc) is 2.69. The Morgan fingerprint density at radius 1 is 1.19 bits per heavy atom. The van der Waals surface area contributed by atoms with E-state index in [1.807, 2.05) is 30.3 Å². The molecule has 1 amide bonds. The summed E-state index contributed by atoms with van der Waals surface area (Å²) in [7, 11) is 1.57. The number of rotatable bonds is 7. The molecule has 0 aliphatic heterocycles. The number of nitriles is 1. The highest BCUT2D eigenvalue weighted by Gasteiger charge is 2.05. The third kappa shape index (κ3) is 6.13. The van der Waals surface area contributed by atoms with Crippen LogP contribution in [0.2, 0.25) is 0 Å². The first-order valence-corrected chi connectivity index (χ1v) is 7.85. The number of methoxy groups -OCH3 is 1. The molecule has 6 heteroatoms. The normalized spacial score (nSPS) is 10.2. The van der Waals surface area contributed by atoms with Gasteiger partial charge in [0.25, 0.3) is 5.91 Å². The Morgan fingerprint density at radius 2 is 1.96 bits per heavy atom. The van der Waals surface area contributed by atoms with Gasteiger partial charge < -0.3 is 14.8 Å². The van der Waals surface area contributed by atoms with Crippen molar-refractivity contribution in [3.05, 3.63) is 71.3 Å². The zero-order valence-electron chi connectivity index (χ0n) is 14.3. The summed E-state index contributed by atoms with van der Waals surface area (Å²) in [5, 5.41) is 11.4. The van der Waals surface area contributed by atoms with Crippen LogP contribution in [-0.2, 0) is 20.9 Å². The van der Waals surface area contributed by atoms with E-state index in [4.69, 9.17) is 14.7 Å². The Bertz CT molecular complexity index is 836. The maximum Gasteiger partial charge on any atom is 0.331 e. The summed E-state index contributed by atoms with van der Waals surface area (Å²) < 4.78 is 10.0. The predicted octanol–water partition coefficient (Wildman–Crippen LogP) is 2.44. The fourth-order valence-corrected chi connectivity index (χ4v) is 2.05. The number of carbonyl (C=O) groups excluding carboxylic acids is 2. The average molecular weight is 350 g/mol. The van der Waals surface area contributed by atoms with Crippen molar-refractivity contribution in [1.29, 1.82) is 5.26 Å². The number of hydrogen-bond acceptors (Lipinski definition) is 5. The van der Waals surface area contributed by atoms with Gasteiger partial charge in [0, 0.05) is 12.6 Å². The largest absolute Gasteiger partial charge is 0.497 e. The molecule has 26 heavy (non-hydrogen) atoms. The van der Waals surface area contributed by atoms with Gasteiger partial charge in [0.15, 0.2) is 6.61 Å². The second-order valence-corrected chi connectivity index (χ2v) is 5.30. The minimum Gasteiger partial charge on any atom is -0.497 e. The number of benzene rings is 2. The monoisotopic (exact) mass is 350 g/mol.